The Morgan fingerprint density at radius 3 is 2.45 bits per heavy atom. The van der Waals surface area contributed by atoms with Crippen LogP contribution in [0.5, 0.6) is 5.75 Å². The van der Waals surface area contributed by atoms with Gasteiger partial charge in [-0.1, -0.05) is 34.2 Å². The normalized spacial score (nSPS) is 10.3. The van der Waals surface area contributed by atoms with E-state index in [9.17, 15) is 8.78 Å². The molecule has 0 radical (unpaired) electrons. The van der Waals surface area contributed by atoms with Crippen molar-refractivity contribution in [2.45, 2.75) is 6.61 Å². The quantitative estimate of drug-likeness (QED) is 0.841. The predicted molar refractivity (Wildman–Crippen MR) is 80.7 cm³/mol. The summed E-state index contributed by atoms with van der Waals surface area (Å²) in [4.78, 5) is 0.148. The first kappa shape index (κ1) is 14.9. The maximum absolute atomic E-state index is 13.5. The van der Waals surface area contributed by atoms with Gasteiger partial charge in [-0.3, -0.25) is 0 Å². The molecule has 20 heavy (non-hydrogen) atoms. The summed E-state index contributed by atoms with van der Waals surface area (Å²) in [6, 6.07) is 8.71. The van der Waals surface area contributed by atoms with Crippen LogP contribution in [0.4, 0.5) is 8.78 Å². The molecule has 2 aromatic rings. The molecule has 0 aliphatic carbocycles. The third-order valence-electron chi connectivity index (χ3n) is 2.64. The average molecular weight is 358 g/mol. The van der Waals surface area contributed by atoms with E-state index in [0.29, 0.717) is 11.3 Å². The van der Waals surface area contributed by atoms with E-state index < -0.39 is 11.6 Å². The van der Waals surface area contributed by atoms with Crippen molar-refractivity contribution in [1.82, 2.24) is 0 Å². The molecule has 2 nitrogen and oxygen atoms in total. The predicted octanol–water partition coefficient (Wildman–Crippen LogP) is 3.94. The van der Waals surface area contributed by atoms with Gasteiger partial charge in [0.1, 0.15) is 29.0 Å². The van der Waals surface area contributed by atoms with E-state index in [1.165, 1.54) is 18.2 Å². The third kappa shape index (κ3) is 3.32. The Kier molecular flexibility index (Phi) is 4.67. The Morgan fingerprint density at radius 1 is 1.20 bits per heavy atom. The molecule has 104 valence electrons. The Bertz CT molecular complexity index is 643. The van der Waals surface area contributed by atoms with Gasteiger partial charge in [0.05, 0.1) is 11.1 Å². The molecular formula is C14H10BrF2NOS. The molecule has 2 N–H and O–H groups in total. The van der Waals surface area contributed by atoms with Crippen molar-refractivity contribution in [2.24, 2.45) is 5.73 Å². The van der Waals surface area contributed by atoms with E-state index in [4.69, 9.17) is 22.7 Å². The van der Waals surface area contributed by atoms with Crippen molar-refractivity contribution in [2.75, 3.05) is 0 Å². The third-order valence-corrected chi connectivity index (χ3v) is 3.35. The van der Waals surface area contributed by atoms with Gasteiger partial charge in [0.15, 0.2) is 0 Å². The number of nitrogens with two attached hydrogens (primary N) is 1. The summed E-state index contributed by atoms with van der Waals surface area (Å²) < 4.78 is 33.2. The van der Waals surface area contributed by atoms with Gasteiger partial charge in [0.2, 0.25) is 0 Å². The van der Waals surface area contributed by atoms with Crippen LogP contribution in [0.3, 0.4) is 0 Å². The zero-order valence-electron chi connectivity index (χ0n) is 10.2. The molecule has 0 spiro atoms. The molecule has 0 aromatic heterocycles. The summed E-state index contributed by atoms with van der Waals surface area (Å²) in [5, 5.41) is 0. The first-order chi connectivity index (χ1) is 9.49. The summed E-state index contributed by atoms with van der Waals surface area (Å²) in [7, 11) is 0. The second-order valence-electron chi connectivity index (χ2n) is 3.99. The molecule has 0 aliphatic rings. The topological polar surface area (TPSA) is 35.2 Å². The SMILES string of the molecule is NC(=S)c1cc(Br)ccc1OCc1c(F)cccc1F. The fraction of sp³-hybridized carbons (Fsp3) is 0.0714. The number of thiocarbonyl (C=S) groups is 1. The first-order valence-electron chi connectivity index (χ1n) is 5.64. The molecule has 0 fully saturated rings. The minimum absolute atomic E-state index is 0.135. The van der Waals surface area contributed by atoms with E-state index in [0.717, 1.165) is 4.47 Å². The fourth-order valence-electron chi connectivity index (χ4n) is 1.64. The van der Waals surface area contributed by atoms with Crippen LogP contribution in [0.1, 0.15) is 11.1 Å². The first-order valence-corrected chi connectivity index (χ1v) is 6.84. The van der Waals surface area contributed by atoms with Gasteiger partial charge in [-0.15, -0.1) is 0 Å². The molecule has 0 saturated carbocycles. The Balaban J connectivity index is 2.25. The van der Waals surface area contributed by atoms with Crippen LogP contribution >= 0.6 is 28.1 Å². The van der Waals surface area contributed by atoms with Crippen LogP contribution in [-0.4, -0.2) is 4.99 Å². The summed E-state index contributed by atoms with van der Waals surface area (Å²) in [6.45, 7) is -0.240. The lowest BCUT2D eigenvalue weighted by Gasteiger charge is -2.12. The molecule has 6 heteroatoms. The molecule has 0 saturated heterocycles. The highest BCUT2D eigenvalue weighted by Gasteiger charge is 2.12. The number of benzene rings is 2. The van der Waals surface area contributed by atoms with Crippen molar-refractivity contribution in [3.8, 4) is 5.75 Å². The van der Waals surface area contributed by atoms with Gasteiger partial charge in [0, 0.05) is 4.47 Å². The summed E-state index contributed by atoms with van der Waals surface area (Å²) in [5.41, 5.74) is 5.97. The molecule has 0 atom stereocenters. The lowest BCUT2D eigenvalue weighted by molar-refractivity contribution is 0.292. The minimum Gasteiger partial charge on any atom is -0.488 e. The minimum atomic E-state index is -0.654. The maximum atomic E-state index is 13.5. The highest BCUT2D eigenvalue weighted by Crippen LogP contribution is 2.25. The van der Waals surface area contributed by atoms with Crippen LogP contribution in [0, 0.1) is 11.6 Å². The van der Waals surface area contributed by atoms with E-state index in [-0.39, 0.29) is 17.2 Å². The molecule has 0 heterocycles. The lowest BCUT2D eigenvalue weighted by atomic mass is 10.2. The van der Waals surface area contributed by atoms with Crippen LogP contribution < -0.4 is 10.5 Å². The second kappa shape index (κ2) is 6.28. The van der Waals surface area contributed by atoms with Crippen molar-refractivity contribution >= 4 is 33.1 Å². The van der Waals surface area contributed by atoms with Gasteiger partial charge >= 0.3 is 0 Å². The fourth-order valence-corrected chi connectivity index (χ4v) is 2.16. The molecule has 2 aromatic carbocycles. The summed E-state index contributed by atoms with van der Waals surface area (Å²) in [6.07, 6.45) is 0. The van der Waals surface area contributed by atoms with Gasteiger partial charge in [-0.2, -0.15) is 0 Å². The van der Waals surface area contributed by atoms with Gasteiger partial charge in [0.25, 0.3) is 0 Å². The molecule has 0 amide bonds. The standard InChI is InChI=1S/C14H10BrF2NOS/c15-8-4-5-13(9(6-8)14(18)20)19-7-10-11(16)2-1-3-12(10)17/h1-6H,7H2,(H2,18,20). The van der Waals surface area contributed by atoms with E-state index in [1.54, 1.807) is 18.2 Å². The van der Waals surface area contributed by atoms with Crippen LogP contribution in [0.15, 0.2) is 40.9 Å². The highest BCUT2D eigenvalue weighted by atomic mass is 79.9. The Morgan fingerprint density at radius 2 is 1.85 bits per heavy atom. The number of ether oxygens (including phenoxy) is 1. The second-order valence-corrected chi connectivity index (χ2v) is 5.35. The molecule has 0 aliphatic heterocycles. The Labute approximate surface area is 128 Å². The lowest BCUT2D eigenvalue weighted by Crippen LogP contribution is -2.12. The van der Waals surface area contributed by atoms with Gasteiger partial charge in [-0.05, 0) is 30.3 Å². The number of rotatable bonds is 4. The number of hydrogen-bond acceptors (Lipinski definition) is 2. The highest BCUT2D eigenvalue weighted by molar-refractivity contribution is 9.10. The molecular weight excluding hydrogens is 348 g/mol. The van der Waals surface area contributed by atoms with E-state index in [1.807, 2.05) is 0 Å². The van der Waals surface area contributed by atoms with Gasteiger partial charge in [-0.25, -0.2) is 8.78 Å². The van der Waals surface area contributed by atoms with Crippen LogP contribution in [0.25, 0.3) is 0 Å². The van der Waals surface area contributed by atoms with Crippen molar-refractivity contribution < 1.29 is 13.5 Å². The number of halogens is 3. The van der Waals surface area contributed by atoms with Crippen molar-refractivity contribution in [1.29, 1.82) is 0 Å². The molecule has 0 unspecified atom stereocenters. The van der Waals surface area contributed by atoms with E-state index in [2.05, 4.69) is 15.9 Å². The number of hydrogen-bond donors (Lipinski definition) is 1. The summed E-state index contributed by atoms with van der Waals surface area (Å²) in [5.74, 6) is -0.929. The molecule has 2 rings (SSSR count). The smallest absolute Gasteiger partial charge is 0.132 e. The maximum Gasteiger partial charge on any atom is 0.132 e. The van der Waals surface area contributed by atoms with Gasteiger partial charge < -0.3 is 10.5 Å². The molecule has 0 bridgehead atoms. The van der Waals surface area contributed by atoms with Crippen molar-refractivity contribution in [3.05, 3.63) is 63.6 Å². The van der Waals surface area contributed by atoms with Crippen LogP contribution in [0.2, 0.25) is 0 Å². The summed E-state index contributed by atoms with van der Waals surface area (Å²) >= 11 is 8.21. The van der Waals surface area contributed by atoms with E-state index >= 15 is 0 Å². The zero-order valence-corrected chi connectivity index (χ0v) is 12.6. The van der Waals surface area contributed by atoms with Crippen molar-refractivity contribution in [3.63, 3.8) is 0 Å². The zero-order chi connectivity index (χ0) is 14.7. The largest absolute Gasteiger partial charge is 0.488 e. The Hall–Kier alpha value is -1.53. The average Bonchev–Trinajstić information content (AvgIpc) is 2.39. The van der Waals surface area contributed by atoms with Crippen LogP contribution in [-0.2, 0) is 6.61 Å². The monoisotopic (exact) mass is 357 g/mol.